The van der Waals surface area contributed by atoms with Gasteiger partial charge in [0.15, 0.2) is 0 Å². The average molecular weight is 324 g/mol. The first-order valence-corrected chi connectivity index (χ1v) is 8.88. The predicted molar refractivity (Wildman–Crippen MR) is 86.3 cm³/mol. The zero-order valence-corrected chi connectivity index (χ0v) is 13.9. The molecule has 1 aromatic rings. The Balaban J connectivity index is 1.56. The SMILES string of the molecule is CC[C@H](O)CN1CCN(C(=O)c2cc3c(s2)CCOC3)CC1. The van der Waals surface area contributed by atoms with Crippen LogP contribution in [0.2, 0.25) is 0 Å². The van der Waals surface area contributed by atoms with E-state index in [1.165, 1.54) is 10.4 Å². The molecule has 1 aromatic heterocycles. The summed E-state index contributed by atoms with van der Waals surface area (Å²) < 4.78 is 5.45. The van der Waals surface area contributed by atoms with E-state index in [-0.39, 0.29) is 12.0 Å². The number of carbonyl (C=O) groups excluding carboxylic acids is 1. The molecule has 2 aliphatic rings. The Hall–Kier alpha value is -0.950. The molecular weight excluding hydrogens is 300 g/mol. The van der Waals surface area contributed by atoms with Crippen molar-refractivity contribution in [3.05, 3.63) is 21.4 Å². The van der Waals surface area contributed by atoms with Crippen LogP contribution in [0.5, 0.6) is 0 Å². The second kappa shape index (κ2) is 7.08. The fourth-order valence-corrected chi connectivity index (χ4v) is 4.09. The normalized spacial score (nSPS) is 20.7. The van der Waals surface area contributed by atoms with E-state index in [4.69, 9.17) is 4.74 Å². The van der Waals surface area contributed by atoms with Crippen molar-refractivity contribution in [2.24, 2.45) is 0 Å². The number of carbonyl (C=O) groups is 1. The zero-order valence-electron chi connectivity index (χ0n) is 13.1. The summed E-state index contributed by atoms with van der Waals surface area (Å²) in [6.45, 7) is 7.29. The molecule has 122 valence electrons. The van der Waals surface area contributed by atoms with Gasteiger partial charge >= 0.3 is 0 Å². The molecule has 0 aliphatic carbocycles. The Morgan fingerprint density at radius 1 is 1.41 bits per heavy atom. The van der Waals surface area contributed by atoms with E-state index in [0.717, 1.165) is 50.5 Å². The van der Waals surface area contributed by atoms with E-state index in [1.54, 1.807) is 11.3 Å². The van der Waals surface area contributed by atoms with Gasteiger partial charge in [0.25, 0.3) is 5.91 Å². The Labute approximate surface area is 135 Å². The molecule has 3 heterocycles. The zero-order chi connectivity index (χ0) is 15.5. The molecule has 1 amide bonds. The van der Waals surface area contributed by atoms with Gasteiger partial charge in [0.2, 0.25) is 0 Å². The molecule has 22 heavy (non-hydrogen) atoms. The number of amides is 1. The highest BCUT2D eigenvalue weighted by molar-refractivity contribution is 7.14. The summed E-state index contributed by atoms with van der Waals surface area (Å²) in [5.41, 5.74) is 1.18. The smallest absolute Gasteiger partial charge is 0.264 e. The molecule has 6 heteroatoms. The van der Waals surface area contributed by atoms with Gasteiger partial charge in [0, 0.05) is 44.0 Å². The van der Waals surface area contributed by atoms with E-state index in [2.05, 4.69) is 4.90 Å². The molecule has 0 aromatic carbocycles. The van der Waals surface area contributed by atoms with Crippen molar-refractivity contribution in [3.8, 4) is 0 Å². The number of hydrogen-bond acceptors (Lipinski definition) is 5. The van der Waals surface area contributed by atoms with Gasteiger partial charge in [-0.3, -0.25) is 9.69 Å². The highest BCUT2D eigenvalue weighted by atomic mass is 32.1. The minimum Gasteiger partial charge on any atom is -0.392 e. The summed E-state index contributed by atoms with van der Waals surface area (Å²) in [5.74, 6) is 0.148. The molecule has 1 saturated heterocycles. The van der Waals surface area contributed by atoms with Gasteiger partial charge in [-0.15, -0.1) is 11.3 Å². The standard InChI is InChI=1S/C16H24N2O3S/c1-2-13(19)10-17-4-6-18(7-5-17)16(20)15-9-12-11-21-8-3-14(12)22-15/h9,13,19H,2-8,10-11H2,1H3/t13-/m0/s1. The summed E-state index contributed by atoms with van der Waals surface area (Å²) in [6.07, 6.45) is 1.45. The van der Waals surface area contributed by atoms with E-state index in [1.807, 2.05) is 17.9 Å². The predicted octanol–water partition coefficient (Wildman–Crippen LogP) is 1.35. The fourth-order valence-electron chi connectivity index (χ4n) is 2.97. The lowest BCUT2D eigenvalue weighted by Gasteiger charge is -2.35. The third-order valence-corrected chi connectivity index (χ3v) is 5.66. The van der Waals surface area contributed by atoms with Crippen LogP contribution in [-0.4, -0.2) is 66.2 Å². The molecule has 0 saturated carbocycles. The molecule has 0 unspecified atom stereocenters. The van der Waals surface area contributed by atoms with E-state index in [0.29, 0.717) is 13.2 Å². The number of rotatable bonds is 4. The maximum atomic E-state index is 12.6. The van der Waals surface area contributed by atoms with Crippen molar-refractivity contribution in [1.29, 1.82) is 0 Å². The average Bonchev–Trinajstić information content (AvgIpc) is 2.98. The topological polar surface area (TPSA) is 53.0 Å². The number of fused-ring (bicyclic) bond motifs is 1. The number of nitrogens with zero attached hydrogens (tertiary/aromatic N) is 2. The Morgan fingerprint density at radius 3 is 2.86 bits per heavy atom. The minimum absolute atomic E-state index is 0.148. The highest BCUT2D eigenvalue weighted by Crippen LogP contribution is 2.28. The maximum Gasteiger partial charge on any atom is 0.264 e. The number of ether oxygens (including phenoxy) is 1. The molecule has 1 atom stereocenters. The van der Waals surface area contributed by atoms with Crippen LogP contribution in [0.1, 0.15) is 33.5 Å². The summed E-state index contributed by atoms with van der Waals surface area (Å²) in [5, 5.41) is 9.72. The van der Waals surface area contributed by atoms with Crippen molar-refractivity contribution in [3.63, 3.8) is 0 Å². The number of thiophene rings is 1. The van der Waals surface area contributed by atoms with Gasteiger partial charge < -0.3 is 14.7 Å². The van der Waals surface area contributed by atoms with Crippen molar-refractivity contribution in [2.45, 2.75) is 32.5 Å². The Kier molecular flexibility index (Phi) is 5.13. The maximum absolute atomic E-state index is 12.6. The molecule has 3 rings (SSSR count). The van der Waals surface area contributed by atoms with Crippen LogP contribution in [0.3, 0.4) is 0 Å². The molecule has 1 fully saturated rings. The Morgan fingerprint density at radius 2 is 2.18 bits per heavy atom. The lowest BCUT2D eigenvalue weighted by molar-refractivity contribution is 0.0527. The summed E-state index contributed by atoms with van der Waals surface area (Å²) in [7, 11) is 0. The first kappa shape index (κ1) is 15.9. The number of hydrogen-bond donors (Lipinski definition) is 1. The second-order valence-corrected chi connectivity index (χ2v) is 7.15. The largest absolute Gasteiger partial charge is 0.392 e. The van der Waals surface area contributed by atoms with E-state index >= 15 is 0 Å². The van der Waals surface area contributed by atoms with Gasteiger partial charge in [0.1, 0.15) is 0 Å². The monoisotopic (exact) mass is 324 g/mol. The van der Waals surface area contributed by atoms with Crippen LogP contribution < -0.4 is 0 Å². The third kappa shape index (κ3) is 3.51. The summed E-state index contributed by atoms with van der Waals surface area (Å²) >= 11 is 1.63. The van der Waals surface area contributed by atoms with Gasteiger partial charge in [-0.1, -0.05) is 6.92 Å². The van der Waals surface area contributed by atoms with Crippen LogP contribution in [0.4, 0.5) is 0 Å². The van der Waals surface area contributed by atoms with Gasteiger partial charge in [-0.05, 0) is 18.1 Å². The molecule has 0 spiro atoms. The van der Waals surface area contributed by atoms with Crippen molar-refractivity contribution in [2.75, 3.05) is 39.3 Å². The first-order chi connectivity index (χ1) is 10.7. The first-order valence-electron chi connectivity index (χ1n) is 8.06. The van der Waals surface area contributed by atoms with Gasteiger partial charge in [-0.25, -0.2) is 0 Å². The lowest BCUT2D eigenvalue weighted by Crippen LogP contribution is -2.50. The van der Waals surface area contributed by atoms with E-state index < -0.39 is 0 Å². The van der Waals surface area contributed by atoms with Crippen LogP contribution >= 0.6 is 11.3 Å². The summed E-state index contributed by atoms with van der Waals surface area (Å²) in [6, 6.07) is 2.01. The quantitative estimate of drug-likeness (QED) is 0.908. The number of aliphatic hydroxyl groups is 1. The number of aliphatic hydroxyl groups excluding tert-OH is 1. The van der Waals surface area contributed by atoms with Crippen LogP contribution in [0.25, 0.3) is 0 Å². The molecule has 0 bridgehead atoms. The third-order valence-electron chi connectivity index (χ3n) is 4.44. The van der Waals surface area contributed by atoms with Crippen molar-refractivity contribution < 1.29 is 14.6 Å². The molecule has 1 N–H and O–H groups in total. The van der Waals surface area contributed by atoms with Gasteiger partial charge in [0.05, 0.1) is 24.2 Å². The Bertz CT molecular complexity index is 500. The second-order valence-electron chi connectivity index (χ2n) is 6.02. The van der Waals surface area contributed by atoms with E-state index in [9.17, 15) is 9.90 Å². The number of β-amino-alcohol motifs (C(OH)–C–C–N with tert-alkyl or cyclic N) is 1. The molecule has 5 nitrogen and oxygen atoms in total. The highest BCUT2D eigenvalue weighted by Gasteiger charge is 2.25. The van der Waals surface area contributed by atoms with Crippen LogP contribution in [0, 0.1) is 0 Å². The minimum atomic E-state index is -0.258. The molecule has 0 radical (unpaired) electrons. The molecule has 2 aliphatic heterocycles. The summed E-state index contributed by atoms with van der Waals surface area (Å²) in [4.78, 5) is 19.0. The van der Waals surface area contributed by atoms with Gasteiger partial charge in [-0.2, -0.15) is 0 Å². The lowest BCUT2D eigenvalue weighted by atomic mass is 10.2. The fraction of sp³-hybridized carbons (Fsp3) is 0.688. The van der Waals surface area contributed by atoms with Crippen LogP contribution in [-0.2, 0) is 17.8 Å². The van der Waals surface area contributed by atoms with Crippen molar-refractivity contribution >= 4 is 17.2 Å². The van der Waals surface area contributed by atoms with Crippen molar-refractivity contribution in [1.82, 2.24) is 9.80 Å². The van der Waals surface area contributed by atoms with Crippen LogP contribution in [0.15, 0.2) is 6.07 Å². The number of piperazine rings is 1. The molecular formula is C16H24N2O3S.